The normalized spacial score (nSPS) is 15.8. The lowest BCUT2D eigenvalue weighted by Crippen LogP contribution is -2.32. The molecule has 2 aromatic rings. The van der Waals surface area contributed by atoms with E-state index < -0.39 is 5.97 Å². The Bertz CT molecular complexity index is 853. The van der Waals surface area contributed by atoms with Crippen LogP contribution in [0.1, 0.15) is 28.8 Å². The molecule has 2 heterocycles. The second-order valence-corrected chi connectivity index (χ2v) is 7.74. The van der Waals surface area contributed by atoms with Gasteiger partial charge in [0.1, 0.15) is 0 Å². The molecular weight excluding hydrogens is 366 g/mol. The summed E-state index contributed by atoms with van der Waals surface area (Å²) >= 11 is 8.06. The molecule has 0 unspecified atom stereocenters. The molecule has 5 heteroatoms. The van der Waals surface area contributed by atoms with Crippen LogP contribution in [-0.2, 0) is 4.79 Å². The minimum atomic E-state index is -0.809. The summed E-state index contributed by atoms with van der Waals surface area (Å²) in [5.41, 5.74) is 4.08. The predicted octanol–water partition coefficient (Wildman–Crippen LogP) is 5.25. The molecule has 0 spiro atoms. The first-order chi connectivity index (χ1) is 12.6. The standard InChI is InChI=1S/C21H22ClNO2S/c1-15-6-2-3-8-17(15)18(20-19(22)10-13-26-20)9-5-12-23-11-4-7-16(14-23)21(24)25/h2-3,6-10,13H,4-5,11-12,14H2,1H3,(H,24,25). The van der Waals surface area contributed by atoms with E-state index in [4.69, 9.17) is 11.6 Å². The van der Waals surface area contributed by atoms with Gasteiger partial charge in [-0.1, -0.05) is 48.0 Å². The molecule has 1 aliphatic heterocycles. The molecule has 1 N–H and O–H groups in total. The Hall–Kier alpha value is -1.88. The molecule has 3 rings (SSSR count). The Kier molecular flexibility index (Phi) is 6.30. The molecular formula is C21H22ClNO2S. The van der Waals surface area contributed by atoms with Crippen LogP contribution in [0.5, 0.6) is 0 Å². The highest BCUT2D eigenvalue weighted by molar-refractivity contribution is 7.11. The van der Waals surface area contributed by atoms with Crippen LogP contribution in [0.25, 0.3) is 5.57 Å². The molecule has 26 heavy (non-hydrogen) atoms. The van der Waals surface area contributed by atoms with Crippen LogP contribution in [0.4, 0.5) is 0 Å². The van der Waals surface area contributed by atoms with Gasteiger partial charge in [0, 0.05) is 25.2 Å². The molecule has 1 aliphatic rings. The van der Waals surface area contributed by atoms with Crippen molar-refractivity contribution < 1.29 is 9.90 Å². The van der Waals surface area contributed by atoms with Gasteiger partial charge in [0.25, 0.3) is 0 Å². The van der Waals surface area contributed by atoms with Gasteiger partial charge < -0.3 is 5.11 Å². The molecule has 0 atom stereocenters. The van der Waals surface area contributed by atoms with Gasteiger partial charge in [0.05, 0.1) is 9.90 Å². The summed E-state index contributed by atoms with van der Waals surface area (Å²) in [4.78, 5) is 14.5. The lowest BCUT2D eigenvalue weighted by Gasteiger charge is -2.25. The maximum atomic E-state index is 11.2. The van der Waals surface area contributed by atoms with E-state index in [2.05, 4.69) is 30.0 Å². The number of nitrogens with zero attached hydrogens (tertiary/aromatic N) is 1. The minimum absolute atomic E-state index is 0.501. The highest BCUT2D eigenvalue weighted by Crippen LogP contribution is 2.35. The number of carboxylic acids is 1. The van der Waals surface area contributed by atoms with E-state index in [1.54, 1.807) is 11.3 Å². The number of benzene rings is 1. The molecule has 1 aromatic carbocycles. The maximum Gasteiger partial charge on any atom is 0.332 e. The highest BCUT2D eigenvalue weighted by atomic mass is 35.5. The summed E-state index contributed by atoms with van der Waals surface area (Å²) in [5, 5.41) is 12.0. The van der Waals surface area contributed by atoms with Crippen molar-refractivity contribution in [3.63, 3.8) is 0 Å². The highest BCUT2D eigenvalue weighted by Gasteiger charge is 2.17. The van der Waals surface area contributed by atoms with Gasteiger partial charge in [-0.05, 0) is 47.9 Å². The summed E-state index contributed by atoms with van der Waals surface area (Å²) < 4.78 is 0. The SMILES string of the molecule is Cc1ccccc1C(=CCCN1CCC=C(C(=O)O)C1)c1sccc1Cl. The van der Waals surface area contributed by atoms with Crippen molar-refractivity contribution in [3.05, 3.63) is 74.5 Å². The first kappa shape index (κ1) is 18.9. The number of rotatable bonds is 6. The number of thiophene rings is 1. The van der Waals surface area contributed by atoms with Gasteiger partial charge in [0.2, 0.25) is 0 Å². The number of carbonyl (C=O) groups is 1. The number of halogens is 1. The summed E-state index contributed by atoms with van der Waals surface area (Å²) in [6.07, 6.45) is 5.72. The van der Waals surface area contributed by atoms with Crippen molar-refractivity contribution in [2.45, 2.75) is 19.8 Å². The average Bonchev–Trinajstić information content (AvgIpc) is 3.06. The van der Waals surface area contributed by atoms with Gasteiger partial charge in [-0.25, -0.2) is 4.79 Å². The van der Waals surface area contributed by atoms with E-state index in [-0.39, 0.29) is 0 Å². The van der Waals surface area contributed by atoms with Crippen molar-refractivity contribution >= 4 is 34.5 Å². The van der Waals surface area contributed by atoms with Crippen LogP contribution >= 0.6 is 22.9 Å². The van der Waals surface area contributed by atoms with Crippen molar-refractivity contribution in [1.29, 1.82) is 0 Å². The number of hydrogen-bond acceptors (Lipinski definition) is 3. The Morgan fingerprint density at radius 3 is 2.85 bits per heavy atom. The van der Waals surface area contributed by atoms with Crippen molar-refractivity contribution in [2.75, 3.05) is 19.6 Å². The fourth-order valence-corrected chi connectivity index (χ4v) is 4.44. The van der Waals surface area contributed by atoms with Crippen LogP contribution in [0.15, 0.2) is 53.4 Å². The third-order valence-corrected chi connectivity index (χ3v) is 5.97. The first-order valence-corrected chi connectivity index (χ1v) is 9.96. The monoisotopic (exact) mass is 387 g/mol. The van der Waals surface area contributed by atoms with E-state index in [0.717, 1.165) is 41.4 Å². The van der Waals surface area contributed by atoms with E-state index in [1.165, 1.54) is 11.1 Å². The third kappa shape index (κ3) is 4.44. The Morgan fingerprint density at radius 2 is 2.15 bits per heavy atom. The maximum absolute atomic E-state index is 11.2. The molecule has 0 amide bonds. The number of carboxylic acid groups (broad SMARTS) is 1. The van der Waals surface area contributed by atoms with Crippen LogP contribution in [0.3, 0.4) is 0 Å². The van der Waals surface area contributed by atoms with Crippen molar-refractivity contribution in [2.24, 2.45) is 0 Å². The zero-order valence-corrected chi connectivity index (χ0v) is 16.3. The molecule has 0 bridgehead atoms. The lowest BCUT2D eigenvalue weighted by molar-refractivity contribution is -0.133. The molecule has 1 aromatic heterocycles. The Morgan fingerprint density at radius 1 is 1.35 bits per heavy atom. The van der Waals surface area contributed by atoms with Gasteiger partial charge in [-0.15, -0.1) is 11.3 Å². The topological polar surface area (TPSA) is 40.5 Å². The first-order valence-electron chi connectivity index (χ1n) is 8.70. The number of aryl methyl sites for hydroxylation is 1. The minimum Gasteiger partial charge on any atom is -0.478 e. The summed E-state index contributed by atoms with van der Waals surface area (Å²) in [6, 6.07) is 10.3. The van der Waals surface area contributed by atoms with E-state index in [0.29, 0.717) is 12.1 Å². The molecule has 0 fully saturated rings. The average molecular weight is 388 g/mol. The van der Waals surface area contributed by atoms with Crippen LogP contribution in [-0.4, -0.2) is 35.6 Å². The second kappa shape index (κ2) is 8.67. The molecule has 0 radical (unpaired) electrons. The predicted molar refractivity (Wildman–Crippen MR) is 109 cm³/mol. The fourth-order valence-electron chi connectivity index (χ4n) is 3.23. The molecule has 0 saturated heterocycles. The molecule has 3 nitrogen and oxygen atoms in total. The van der Waals surface area contributed by atoms with Crippen LogP contribution < -0.4 is 0 Å². The van der Waals surface area contributed by atoms with Gasteiger partial charge in [-0.3, -0.25) is 4.90 Å². The van der Waals surface area contributed by atoms with Gasteiger partial charge in [0.15, 0.2) is 0 Å². The molecule has 0 aliphatic carbocycles. The van der Waals surface area contributed by atoms with Gasteiger partial charge in [-0.2, -0.15) is 0 Å². The van der Waals surface area contributed by atoms with Gasteiger partial charge >= 0.3 is 5.97 Å². The van der Waals surface area contributed by atoms with E-state index in [9.17, 15) is 9.90 Å². The quantitative estimate of drug-likeness (QED) is 0.736. The smallest absolute Gasteiger partial charge is 0.332 e. The lowest BCUT2D eigenvalue weighted by atomic mass is 9.98. The summed E-state index contributed by atoms with van der Waals surface area (Å²) in [7, 11) is 0. The Labute approximate surface area is 163 Å². The second-order valence-electron chi connectivity index (χ2n) is 6.42. The number of hydrogen-bond donors (Lipinski definition) is 1. The molecule has 0 saturated carbocycles. The number of aliphatic carboxylic acids is 1. The largest absolute Gasteiger partial charge is 0.478 e. The zero-order chi connectivity index (χ0) is 18.5. The Balaban J connectivity index is 1.78. The van der Waals surface area contributed by atoms with Crippen molar-refractivity contribution in [1.82, 2.24) is 4.90 Å². The van der Waals surface area contributed by atoms with E-state index in [1.807, 2.05) is 29.7 Å². The summed E-state index contributed by atoms with van der Waals surface area (Å²) in [5.74, 6) is -0.809. The summed E-state index contributed by atoms with van der Waals surface area (Å²) in [6.45, 7) is 4.37. The van der Waals surface area contributed by atoms with Crippen LogP contribution in [0, 0.1) is 6.92 Å². The molecule has 136 valence electrons. The van der Waals surface area contributed by atoms with Crippen molar-refractivity contribution in [3.8, 4) is 0 Å². The van der Waals surface area contributed by atoms with Crippen LogP contribution in [0.2, 0.25) is 5.02 Å². The van der Waals surface area contributed by atoms with E-state index >= 15 is 0 Å². The fraction of sp³-hybridized carbons (Fsp3) is 0.286. The zero-order valence-electron chi connectivity index (χ0n) is 14.7. The third-order valence-electron chi connectivity index (χ3n) is 4.60.